The van der Waals surface area contributed by atoms with Crippen LogP contribution < -0.4 is 10.7 Å². The number of nitrogens with zero attached hydrogens (tertiary/aromatic N) is 4. The van der Waals surface area contributed by atoms with Crippen LogP contribution in [0, 0.1) is 10.1 Å². The highest BCUT2D eigenvalue weighted by Crippen LogP contribution is 2.35. The topological polar surface area (TPSA) is 139 Å². The zero-order chi connectivity index (χ0) is 30.2. The molecule has 5 rings (SSSR count). The number of nitro groups is 1. The van der Waals surface area contributed by atoms with E-state index in [1.54, 1.807) is 36.4 Å². The van der Waals surface area contributed by atoms with E-state index in [1.165, 1.54) is 19.2 Å². The summed E-state index contributed by atoms with van der Waals surface area (Å²) in [7, 11) is 0. The Morgan fingerprint density at radius 3 is 2.00 bits per heavy atom. The molecule has 0 aliphatic heterocycles. The van der Waals surface area contributed by atoms with E-state index in [9.17, 15) is 19.7 Å². The molecule has 10 nitrogen and oxygen atoms in total. The maximum Gasteiger partial charge on any atom is 0.283 e. The van der Waals surface area contributed by atoms with Crippen molar-refractivity contribution in [2.24, 2.45) is 5.10 Å². The van der Waals surface area contributed by atoms with Crippen LogP contribution in [0.2, 0.25) is 0 Å². The average Bonchev–Trinajstić information content (AvgIpc) is 3.02. The first kappa shape index (κ1) is 28.8. The van der Waals surface area contributed by atoms with Gasteiger partial charge in [-0.25, -0.2) is 15.4 Å². The summed E-state index contributed by atoms with van der Waals surface area (Å²) < 4.78 is 0. The van der Waals surface area contributed by atoms with E-state index in [2.05, 4.69) is 15.8 Å². The van der Waals surface area contributed by atoms with Gasteiger partial charge in [0.25, 0.3) is 11.6 Å². The molecule has 0 atom stereocenters. The van der Waals surface area contributed by atoms with E-state index in [-0.39, 0.29) is 11.6 Å². The number of amides is 2. The largest absolute Gasteiger partial charge is 0.326 e. The minimum absolute atomic E-state index is 0.149. The molecule has 0 aliphatic carbocycles. The number of anilines is 1. The Morgan fingerprint density at radius 1 is 0.837 bits per heavy atom. The molecule has 0 saturated heterocycles. The van der Waals surface area contributed by atoms with Gasteiger partial charge in [0, 0.05) is 40.9 Å². The highest BCUT2D eigenvalue weighted by molar-refractivity contribution is 7.99. The van der Waals surface area contributed by atoms with Gasteiger partial charge in [-0.3, -0.25) is 19.7 Å². The van der Waals surface area contributed by atoms with Crippen LogP contribution in [0.5, 0.6) is 0 Å². The van der Waals surface area contributed by atoms with Gasteiger partial charge in [0.2, 0.25) is 5.91 Å². The maximum absolute atomic E-state index is 12.4. The maximum atomic E-state index is 12.4. The first-order chi connectivity index (χ1) is 20.9. The number of nitro benzene ring substituents is 1. The predicted molar refractivity (Wildman–Crippen MR) is 166 cm³/mol. The second-order valence-electron chi connectivity index (χ2n) is 9.20. The number of carbonyl (C=O) groups is 2. The molecule has 212 valence electrons. The van der Waals surface area contributed by atoms with E-state index < -0.39 is 10.8 Å². The molecular weight excluding hydrogens is 564 g/mol. The van der Waals surface area contributed by atoms with Gasteiger partial charge in [-0.15, -0.1) is 0 Å². The van der Waals surface area contributed by atoms with E-state index in [0.717, 1.165) is 22.9 Å². The van der Waals surface area contributed by atoms with Crippen LogP contribution in [-0.2, 0) is 4.79 Å². The molecule has 43 heavy (non-hydrogen) atoms. The van der Waals surface area contributed by atoms with E-state index >= 15 is 0 Å². The van der Waals surface area contributed by atoms with Crippen LogP contribution in [0.3, 0.4) is 0 Å². The number of aromatic nitrogens is 2. The molecule has 0 fully saturated rings. The standard InChI is InChI=1S/C32H24N6O4S/c1-21(39)34-26-15-13-25(14-16-26)31(40)37-33-20-22-12-17-30(29(18-22)38(41)42)43-32-35-27(23-8-4-2-5-9-23)19-28(36-32)24-10-6-3-7-11-24/h2-20H,1H3,(H,34,39)(H,37,40)/b33-20+. The van der Waals surface area contributed by atoms with Crippen molar-refractivity contribution in [2.75, 3.05) is 5.32 Å². The van der Waals surface area contributed by atoms with Crippen molar-refractivity contribution >= 4 is 41.2 Å². The lowest BCUT2D eigenvalue weighted by Crippen LogP contribution is -2.17. The summed E-state index contributed by atoms with van der Waals surface area (Å²) in [6.07, 6.45) is 1.32. The van der Waals surface area contributed by atoms with Gasteiger partial charge in [0.05, 0.1) is 27.4 Å². The summed E-state index contributed by atoms with van der Waals surface area (Å²) in [5.41, 5.74) is 6.76. The summed E-state index contributed by atoms with van der Waals surface area (Å²) in [6, 6.07) is 32.1. The van der Waals surface area contributed by atoms with Crippen LogP contribution in [0.25, 0.3) is 22.5 Å². The predicted octanol–water partition coefficient (Wildman–Crippen LogP) is 6.59. The number of benzene rings is 4. The quantitative estimate of drug-likeness (QED) is 0.0856. The van der Waals surface area contributed by atoms with Crippen molar-refractivity contribution < 1.29 is 14.5 Å². The van der Waals surface area contributed by atoms with Crippen LogP contribution in [0.15, 0.2) is 124 Å². The lowest BCUT2D eigenvalue weighted by Gasteiger charge is -2.09. The molecule has 0 spiro atoms. The zero-order valence-corrected chi connectivity index (χ0v) is 23.6. The molecule has 4 aromatic carbocycles. The van der Waals surface area contributed by atoms with Gasteiger partial charge in [0.15, 0.2) is 5.16 Å². The SMILES string of the molecule is CC(=O)Nc1ccc(C(=O)N/N=C/c2ccc(Sc3nc(-c4ccccc4)cc(-c4ccccc4)n3)c([N+](=O)[O-])c2)cc1. The fourth-order valence-corrected chi connectivity index (χ4v) is 4.92. The van der Waals surface area contributed by atoms with Crippen molar-refractivity contribution in [2.45, 2.75) is 17.0 Å². The summed E-state index contributed by atoms with van der Waals surface area (Å²) in [6.45, 7) is 1.39. The molecule has 0 radical (unpaired) electrons. The molecule has 0 bridgehead atoms. The normalized spacial score (nSPS) is 10.8. The lowest BCUT2D eigenvalue weighted by atomic mass is 10.1. The molecule has 0 unspecified atom stereocenters. The Morgan fingerprint density at radius 2 is 1.44 bits per heavy atom. The summed E-state index contributed by atoms with van der Waals surface area (Å²) in [5.74, 6) is -0.692. The highest BCUT2D eigenvalue weighted by Gasteiger charge is 2.18. The number of hydrogen-bond acceptors (Lipinski definition) is 8. The fraction of sp³-hybridized carbons (Fsp3) is 0.0312. The average molecular weight is 589 g/mol. The smallest absolute Gasteiger partial charge is 0.283 e. The van der Waals surface area contributed by atoms with Crippen LogP contribution in [0.1, 0.15) is 22.8 Å². The van der Waals surface area contributed by atoms with Crippen LogP contribution in [-0.4, -0.2) is 32.9 Å². The molecule has 0 aliphatic rings. The van der Waals surface area contributed by atoms with Gasteiger partial charge in [0.1, 0.15) is 0 Å². The third-order valence-corrected chi connectivity index (χ3v) is 7.00. The molecule has 1 heterocycles. The molecule has 0 saturated carbocycles. The third kappa shape index (κ3) is 7.54. The summed E-state index contributed by atoms with van der Waals surface area (Å²) in [5, 5.41) is 18.9. The Hall–Kier alpha value is -5.68. The molecule has 5 aromatic rings. The van der Waals surface area contributed by atoms with Gasteiger partial charge in [-0.1, -0.05) is 66.7 Å². The Bertz CT molecular complexity index is 1760. The number of hydrazone groups is 1. The molecule has 2 amide bonds. The fourth-order valence-electron chi connectivity index (χ4n) is 4.06. The number of nitrogens with one attached hydrogen (secondary N) is 2. The second kappa shape index (κ2) is 13.3. The lowest BCUT2D eigenvalue weighted by molar-refractivity contribution is -0.387. The Kier molecular flexibility index (Phi) is 8.93. The highest BCUT2D eigenvalue weighted by atomic mass is 32.2. The molecular formula is C32H24N6O4S. The van der Waals surface area contributed by atoms with Gasteiger partial charge >= 0.3 is 0 Å². The van der Waals surface area contributed by atoms with Crippen molar-refractivity contribution in [1.29, 1.82) is 0 Å². The first-order valence-corrected chi connectivity index (χ1v) is 13.8. The third-order valence-electron chi connectivity index (χ3n) is 6.07. The van der Waals surface area contributed by atoms with Gasteiger partial charge in [-0.05, 0) is 48.2 Å². The first-order valence-electron chi connectivity index (χ1n) is 13.0. The van der Waals surface area contributed by atoms with E-state index in [0.29, 0.717) is 38.3 Å². The number of carbonyl (C=O) groups excluding carboxylic acids is 2. The van der Waals surface area contributed by atoms with Crippen LogP contribution in [0.4, 0.5) is 11.4 Å². The number of hydrogen-bond donors (Lipinski definition) is 2. The Labute approximate surface area is 251 Å². The number of rotatable bonds is 9. The summed E-state index contributed by atoms with van der Waals surface area (Å²) >= 11 is 1.10. The van der Waals surface area contributed by atoms with Gasteiger partial charge < -0.3 is 5.32 Å². The monoisotopic (exact) mass is 588 g/mol. The second-order valence-corrected chi connectivity index (χ2v) is 10.2. The molecule has 1 aromatic heterocycles. The van der Waals surface area contributed by atoms with Crippen LogP contribution >= 0.6 is 11.8 Å². The van der Waals surface area contributed by atoms with Crippen molar-refractivity contribution in [3.63, 3.8) is 0 Å². The Balaban J connectivity index is 1.36. The van der Waals surface area contributed by atoms with E-state index in [1.807, 2.05) is 66.7 Å². The molecule has 11 heteroatoms. The minimum atomic E-state index is -0.478. The molecule has 2 N–H and O–H groups in total. The van der Waals surface area contributed by atoms with Crippen molar-refractivity contribution in [3.8, 4) is 22.5 Å². The zero-order valence-electron chi connectivity index (χ0n) is 22.8. The minimum Gasteiger partial charge on any atom is -0.326 e. The van der Waals surface area contributed by atoms with Gasteiger partial charge in [-0.2, -0.15) is 5.10 Å². The van der Waals surface area contributed by atoms with E-state index in [4.69, 9.17) is 9.97 Å². The van der Waals surface area contributed by atoms with Crippen molar-refractivity contribution in [3.05, 3.63) is 130 Å². The summed E-state index contributed by atoms with van der Waals surface area (Å²) in [4.78, 5) is 44.9. The van der Waals surface area contributed by atoms with Crippen molar-refractivity contribution in [1.82, 2.24) is 15.4 Å².